The minimum atomic E-state index is -1.65. The average molecular weight is 527 g/mol. The van der Waals surface area contributed by atoms with Gasteiger partial charge in [0, 0.05) is 42.0 Å². The van der Waals surface area contributed by atoms with Crippen LogP contribution in [0.1, 0.15) is 49.5 Å². The number of hydrogen-bond donors (Lipinski definition) is 3. The van der Waals surface area contributed by atoms with E-state index in [2.05, 4.69) is 0 Å². The highest BCUT2D eigenvalue weighted by Crippen LogP contribution is 2.31. The van der Waals surface area contributed by atoms with Gasteiger partial charge in [0.2, 0.25) is 0 Å². The van der Waals surface area contributed by atoms with Gasteiger partial charge in [0.05, 0.1) is 24.9 Å². The molecule has 38 heavy (non-hydrogen) atoms. The van der Waals surface area contributed by atoms with Gasteiger partial charge >= 0.3 is 0 Å². The second-order valence-electron chi connectivity index (χ2n) is 9.98. The van der Waals surface area contributed by atoms with Gasteiger partial charge in [-0.1, -0.05) is 12.1 Å². The van der Waals surface area contributed by atoms with E-state index >= 15 is 0 Å². The summed E-state index contributed by atoms with van der Waals surface area (Å²) in [5.41, 5.74) is 4.60. The fourth-order valence-electron chi connectivity index (χ4n) is 4.00. The third kappa shape index (κ3) is 6.48. The molecule has 1 unspecified atom stereocenters. The number of rotatable bonds is 12. The maximum absolute atomic E-state index is 13.6. The van der Waals surface area contributed by atoms with Crippen LogP contribution in [-0.4, -0.2) is 47.4 Å². The Morgan fingerprint density at radius 3 is 2.37 bits per heavy atom. The van der Waals surface area contributed by atoms with Crippen molar-refractivity contribution in [3.63, 3.8) is 0 Å². The monoisotopic (exact) mass is 526 g/mol. The van der Waals surface area contributed by atoms with Crippen molar-refractivity contribution in [2.45, 2.75) is 44.8 Å². The lowest BCUT2D eigenvalue weighted by molar-refractivity contribution is 0.0418. The first-order valence-corrected chi connectivity index (χ1v) is 12.3. The molecule has 2 aromatic carbocycles. The number of hydrogen-bond acceptors (Lipinski definition) is 7. The van der Waals surface area contributed by atoms with E-state index in [1.54, 1.807) is 29.1 Å². The molecule has 3 rings (SSSR count). The van der Waals surface area contributed by atoms with E-state index in [1.807, 2.05) is 13.8 Å². The second-order valence-corrected chi connectivity index (χ2v) is 9.98. The maximum atomic E-state index is 13.6. The lowest BCUT2D eigenvalue weighted by Gasteiger charge is -2.31. The van der Waals surface area contributed by atoms with Gasteiger partial charge in [-0.3, -0.25) is 9.59 Å². The van der Waals surface area contributed by atoms with Crippen LogP contribution in [0.2, 0.25) is 0 Å². The highest BCUT2D eigenvalue weighted by molar-refractivity contribution is 5.96. The van der Waals surface area contributed by atoms with Gasteiger partial charge in [0.15, 0.2) is 22.7 Å². The number of aliphatic hydroxyl groups is 2. The summed E-state index contributed by atoms with van der Waals surface area (Å²) in [5, 5.41) is 20.4. The Bertz CT molecular complexity index is 1330. The second kappa shape index (κ2) is 11.9. The first-order chi connectivity index (χ1) is 17.9. The van der Waals surface area contributed by atoms with Crippen LogP contribution in [0.15, 0.2) is 59.7 Å². The van der Waals surface area contributed by atoms with Crippen LogP contribution < -0.4 is 20.6 Å². The Morgan fingerprint density at radius 2 is 1.76 bits per heavy atom. The molecule has 3 aromatic rings. The Labute approximate surface area is 221 Å². The third-order valence-electron chi connectivity index (χ3n) is 6.63. The lowest BCUT2D eigenvalue weighted by Crippen LogP contribution is -2.38. The van der Waals surface area contributed by atoms with Gasteiger partial charge in [0.25, 0.3) is 0 Å². The first kappa shape index (κ1) is 29.0. The number of aromatic nitrogens is 1. The minimum absolute atomic E-state index is 0.0257. The van der Waals surface area contributed by atoms with Crippen molar-refractivity contribution in [2.75, 3.05) is 26.9 Å². The van der Waals surface area contributed by atoms with Gasteiger partial charge in [-0.15, -0.1) is 0 Å². The summed E-state index contributed by atoms with van der Waals surface area (Å²) >= 11 is 0. The summed E-state index contributed by atoms with van der Waals surface area (Å²) in [7, 11) is 1.45. The number of ether oxygens (including phenoxy) is 2. The van der Waals surface area contributed by atoms with Crippen molar-refractivity contribution >= 4 is 5.78 Å². The zero-order valence-corrected chi connectivity index (χ0v) is 22.2. The van der Waals surface area contributed by atoms with Crippen LogP contribution in [0.25, 0.3) is 11.1 Å². The molecule has 1 aromatic heterocycles. The molecule has 204 valence electrons. The summed E-state index contributed by atoms with van der Waals surface area (Å²) in [5.74, 6) is 0.0537. The molecule has 0 spiro atoms. The molecule has 1 atom stereocenters. The standard InChI is InChI=1S/C29H35FN2O6/c1-28(2,18-31)32-16-22(19-5-8-21(30)9-6-19)27(35)23(17-32)29(3,36)12-11-24(34)20-7-10-25(38-14-13-33)26(15-20)37-4/h5-10,15-17,33,36H,11-14,18,31H2,1-4H3. The summed E-state index contributed by atoms with van der Waals surface area (Å²) in [6, 6.07) is 10.3. The van der Waals surface area contributed by atoms with Crippen molar-refractivity contribution in [3.05, 3.63) is 82.0 Å². The largest absolute Gasteiger partial charge is 0.493 e. The molecule has 8 nitrogen and oxygen atoms in total. The summed E-state index contributed by atoms with van der Waals surface area (Å²) in [6.45, 7) is 5.48. The number of pyridine rings is 1. The number of Topliss-reactive ketones (excluding diaryl/α,β-unsaturated/α-hetero) is 1. The third-order valence-corrected chi connectivity index (χ3v) is 6.63. The number of methoxy groups -OCH3 is 1. The SMILES string of the molecule is COc1cc(C(=O)CCC(C)(O)c2cn(C(C)(C)CN)cc(-c3ccc(F)cc3)c2=O)ccc1OCCO. The fraction of sp³-hybridized carbons (Fsp3) is 0.379. The number of carbonyl (C=O) groups excluding carboxylic acids is 1. The molecular weight excluding hydrogens is 491 g/mol. The Hall–Kier alpha value is -3.53. The molecule has 0 bridgehead atoms. The molecular formula is C29H35FN2O6. The van der Waals surface area contributed by atoms with Gasteiger partial charge in [0.1, 0.15) is 12.4 Å². The normalized spacial score (nSPS) is 13.2. The number of halogens is 1. The van der Waals surface area contributed by atoms with E-state index in [0.717, 1.165) is 0 Å². The molecule has 0 radical (unpaired) electrons. The molecule has 0 amide bonds. The summed E-state index contributed by atoms with van der Waals surface area (Å²) in [4.78, 5) is 26.6. The van der Waals surface area contributed by atoms with Crippen LogP contribution >= 0.6 is 0 Å². The quantitative estimate of drug-likeness (QED) is 0.308. The van der Waals surface area contributed by atoms with Gasteiger partial charge in [-0.2, -0.15) is 0 Å². The fourth-order valence-corrected chi connectivity index (χ4v) is 4.00. The van der Waals surface area contributed by atoms with Crippen molar-refractivity contribution in [2.24, 2.45) is 5.73 Å². The minimum Gasteiger partial charge on any atom is -0.493 e. The highest BCUT2D eigenvalue weighted by Gasteiger charge is 2.31. The predicted molar refractivity (Wildman–Crippen MR) is 143 cm³/mol. The molecule has 0 aliphatic carbocycles. The predicted octanol–water partition coefficient (Wildman–Crippen LogP) is 3.60. The van der Waals surface area contributed by atoms with E-state index in [-0.39, 0.29) is 43.9 Å². The molecule has 0 saturated heterocycles. The van der Waals surface area contributed by atoms with E-state index in [1.165, 1.54) is 44.4 Å². The molecule has 0 aliphatic heterocycles. The Balaban J connectivity index is 1.94. The first-order valence-electron chi connectivity index (χ1n) is 12.3. The number of nitrogens with zero attached hydrogens (tertiary/aromatic N) is 1. The zero-order valence-electron chi connectivity index (χ0n) is 22.2. The van der Waals surface area contributed by atoms with Crippen LogP contribution in [0.3, 0.4) is 0 Å². The summed E-state index contributed by atoms with van der Waals surface area (Å²) < 4.78 is 26.0. The van der Waals surface area contributed by atoms with Crippen LogP contribution in [0.4, 0.5) is 4.39 Å². The number of ketones is 1. The van der Waals surface area contributed by atoms with Gasteiger partial charge < -0.3 is 30.0 Å². The highest BCUT2D eigenvalue weighted by atomic mass is 19.1. The van der Waals surface area contributed by atoms with Crippen LogP contribution in [0, 0.1) is 5.82 Å². The van der Waals surface area contributed by atoms with Gasteiger partial charge in [-0.25, -0.2) is 4.39 Å². The van der Waals surface area contributed by atoms with Gasteiger partial charge in [-0.05, 0) is 63.1 Å². The maximum Gasteiger partial charge on any atom is 0.195 e. The van der Waals surface area contributed by atoms with E-state index in [9.17, 15) is 19.1 Å². The number of aliphatic hydroxyl groups excluding tert-OH is 1. The molecule has 1 heterocycles. The van der Waals surface area contributed by atoms with Crippen molar-refractivity contribution in [1.29, 1.82) is 0 Å². The zero-order chi connectivity index (χ0) is 28.1. The number of carbonyl (C=O) groups is 1. The van der Waals surface area contributed by atoms with E-state index in [4.69, 9.17) is 20.3 Å². The Kier molecular flexibility index (Phi) is 9.09. The molecule has 4 N–H and O–H groups in total. The molecule has 9 heteroatoms. The van der Waals surface area contributed by atoms with Crippen molar-refractivity contribution in [1.82, 2.24) is 4.57 Å². The average Bonchev–Trinajstić information content (AvgIpc) is 2.90. The van der Waals surface area contributed by atoms with Crippen molar-refractivity contribution in [3.8, 4) is 22.6 Å². The topological polar surface area (TPSA) is 124 Å². The molecule has 0 fully saturated rings. The number of benzene rings is 2. The van der Waals surface area contributed by atoms with Crippen LogP contribution in [0.5, 0.6) is 11.5 Å². The molecule has 0 aliphatic rings. The van der Waals surface area contributed by atoms with Crippen LogP contribution in [-0.2, 0) is 11.1 Å². The van der Waals surface area contributed by atoms with Crippen molar-refractivity contribution < 1.29 is 28.9 Å². The van der Waals surface area contributed by atoms with E-state index < -0.39 is 22.4 Å². The Morgan fingerprint density at radius 1 is 1.08 bits per heavy atom. The van der Waals surface area contributed by atoms with E-state index in [0.29, 0.717) is 28.2 Å². The lowest BCUT2D eigenvalue weighted by atomic mass is 9.88. The number of nitrogens with two attached hydrogens (primary N) is 1. The molecule has 0 saturated carbocycles. The summed E-state index contributed by atoms with van der Waals surface area (Å²) in [6.07, 6.45) is 3.15. The smallest absolute Gasteiger partial charge is 0.195 e.